The van der Waals surface area contributed by atoms with Crippen LogP contribution in [0.4, 0.5) is 0 Å². The van der Waals surface area contributed by atoms with Crippen molar-refractivity contribution < 1.29 is 61.9 Å². The first kappa shape index (κ1) is 31.4. The van der Waals surface area contributed by atoms with Gasteiger partial charge in [0.1, 0.15) is 12.7 Å². The van der Waals surface area contributed by atoms with Crippen molar-refractivity contribution in [2.45, 2.75) is 58.4 Å². The summed E-state index contributed by atoms with van der Waals surface area (Å²) in [6, 6.07) is 3.00. The summed E-state index contributed by atoms with van der Waals surface area (Å²) in [7, 11) is 2.68. The topological polar surface area (TPSA) is 159 Å². The van der Waals surface area contributed by atoms with Crippen LogP contribution in [-0.2, 0) is 47.7 Å². The normalized spacial score (nSPS) is 22.4. The molecule has 0 saturated carbocycles. The van der Waals surface area contributed by atoms with Gasteiger partial charge >= 0.3 is 23.9 Å². The molecule has 0 radical (unpaired) electrons. The fourth-order valence-electron chi connectivity index (χ4n) is 3.67. The second kappa shape index (κ2) is 14.4. The molecule has 13 nitrogen and oxygen atoms in total. The predicted molar refractivity (Wildman–Crippen MR) is 132 cm³/mol. The molecule has 0 amide bonds. The minimum Gasteiger partial charge on any atom is -0.493 e. The van der Waals surface area contributed by atoms with E-state index in [1.807, 2.05) is 0 Å². The summed E-state index contributed by atoms with van der Waals surface area (Å²) in [4.78, 5) is 58.6. The van der Waals surface area contributed by atoms with Crippen LogP contribution in [-0.4, -0.2) is 80.7 Å². The molecule has 5 atom stereocenters. The number of rotatable bonds is 11. The van der Waals surface area contributed by atoms with E-state index >= 15 is 0 Å². The summed E-state index contributed by atoms with van der Waals surface area (Å²) in [6.07, 6.45) is -4.43. The lowest BCUT2D eigenvalue weighted by Crippen LogP contribution is -2.63. The Morgan fingerprint density at radius 2 is 1.33 bits per heavy atom. The highest BCUT2D eigenvalue weighted by atomic mass is 35.5. The van der Waals surface area contributed by atoms with Gasteiger partial charge in [0.15, 0.2) is 23.7 Å². The Morgan fingerprint density at radius 3 is 1.79 bits per heavy atom. The van der Waals surface area contributed by atoms with Gasteiger partial charge in [0.2, 0.25) is 23.4 Å². The van der Waals surface area contributed by atoms with E-state index in [-0.39, 0.29) is 17.2 Å². The molecule has 214 valence electrons. The summed E-state index contributed by atoms with van der Waals surface area (Å²) in [5, 5.41) is -0.703. The molecular formula is C25H29ClO13. The molecule has 1 heterocycles. The Bertz CT molecular complexity index is 1090. The van der Waals surface area contributed by atoms with Crippen molar-refractivity contribution in [1.82, 2.24) is 0 Å². The average molecular weight is 573 g/mol. The van der Waals surface area contributed by atoms with Crippen LogP contribution in [0, 0.1) is 0 Å². The Hall–Kier alpha value is -3.84. The summed E-state index contributed by atoms with van der Waals surface area (Å²) in [6.45, 7) is 4.05. The molecule has 1 aromatic carbocycles. The van der Waals surface area contributed by atoms with E-state index < -0.39 is 66.4 Å². The third-order valence-corrected chi connectivity index (χ3v) is 5.20. The summed E-state index contributed by atoms with van der Waals surface area (Å²) in [5.74, 6) is -2.80. The highest BCUT2D eigenvalue weighted by Crippen LogP contribution is 2.41. The van der Waals surface area contributed by atoms with E-state index in [1.165, 1.54) is 32.4 Å². The van der Waals surface area contributed by atoms with Gasteiger partial charge in [-0.25, -0.2) is 0 Å². The first-order valence-corrected chi connectivity index (χ1v) is 11.8. The van der Waals surface area contributed by atoms with Crippen LogP contribution in [0.2, 0.25) is 0 Å². The molecule has 1 aromatic rings. The molecule has 0 bridgehead atoms. The number of hydrogen-bond donors (Lipinski definition) is 0. The SMILES string of the molecule is COc1cc(/C=C/C(=O)Cl)cc(OC)c1O[C@@H]1O[C@H](COC(C)=O)[C@H](OC(C)=O)[C@H](OC(C)=O)[C@H]1OC(C)=O. The maximum atomic E-state index is 12.0. The van der Waals surface area contributed by atoms with Crippen molar-refractivity contribution in [3.63, 3.8) is 0 Å². The largest absolute Gasteiger partial charge is 0.493 e. The van der Waals surface area contributed by atoms with Crippen LogP contribution in [0.1, 0.15) is 33.3 Å². The molecule has 1 fully saturated rings. The quantitative estimate of drug-likeness (QED) is 0.164. The first-order valence-electron chi connectivity index (χ1n) is 11.5. The van der Waals surface area contributed by atoms with E-state index in [9.17, 15) is 24.0 Å². The van der Waals surface area contributed by atoms with Gasteiger partial charge in [-0.3, -0.25) is 24.0 Å². The zero-order valence-electron chi connectivity index (χ0n) is 22.1. The second-order valence-corrected chi connectivity index (χ2v) is 8.45. The number of halogens is 1. The summed E-state index contributed by atoms with van der Waals surface area (Å²) < 4.78 is 44.0. The van der Waals surface area contributed by atoms with Gasteiger partial charge in [0.25, 0.3) is 0 Å². The number of hydrogen-bond acceptors (Lipinski definition) is 13. The van der Waals surface area contributed by atoms with E-state index in [0.29, 0.717) is 5.56 Å². The van der Waals surface area contributed by atoms with Gasteiger partial charge in [0.05, 0.1) is 14.2 Å². The molecule has 0 aromatic heterocycles. The van der Waals surface area contributed by atoms with E-state index in [1.54, 1.807) is 0 Å². The highest BCUT2D eigenvalue weighted by Gasteiger charge is 2.53. The summed E-state index contributed by atoms with van der Waals surface area (Å²) >= 11 is 5.38. The molecule has 0 aliphatic carbocycles. The van der Waals surface area contributed by atoms with Gasteiger partial charge in [-0.05, 0) is 41.4 Å². The van der Waals surface area contributed by atoms with E-state index in [0.717, 1.165) is 33.8 Å². The summed E-state index contributed by atoms with van der Waals surface area (Å²) in [5.41, 5.74) is 0.464. The van der Waals surface area contributed by atoms with Crippen LogP contribution in [0.5, 0.6) is 17.2 Å². The number of carbonyl (C=O) groups is 5. The van der Waals surface area contributed by atoms with E-state index in [4.69, 9.17) is 49.5 Å². The van der Waals surface area contributed by atoms with Crippen LogP contribution >= 0.6 is 11.6 Å². The average Bonchev–Trinajstić information content (AvgIpc) is 2.84. The zero-order chi connectivity index (χ0) is 29.3. The van der Waals surface area contributed by atoms with Gasteiger partial charge in [-0.15, -0.1) is 0 Å². The molecule has 14 heteroatoms. The lowest BCUT2D eigenvalue weighted by Gasteiger charge is -2.44. The van der Waals surface area contributed by atoms with Gasteiger partial charge in [0, 0.05) is 27.7 Å². The highest BCUT2D eigenvalue weighted by molar-refractivity contribution is 6.66. The molecule has 0 spiro atoms. The minimum atomic E-state index is -1.51. The van der Waals surface area contributed by atoms with Crippen LogP contribution in [0.15, 0.2) is 18.2 Å². The lowest BCUT2D eigenvalue weighted by atomic mass is 9.98. The maximum absolute atomic E-state index is 12.0. The van der Waals surface area contributed by atoms with Gasteiger partial charge in [-0.1, -0.05) is 0 Å². The van der Waals surface area contributed by atoms with Crippen molar-refractivity contribution in [2.75, 3.05) is 20.8 Å². The molecule has 0 unspecified atom stereocenters. The maximum Gasteiger partial charge on any atom is 0.303 e. The third kappa shape index (κ3) is 9.14. The van der Waals surface area contributed by atoms with Gasteiger partial charge < -0.3 is 37.9 Å². The van der Waals surface area contributed by atoms with Crippen molar-refractivity contribution in [3.8, 4) is 17.2 Å². The fraction of sp³-hybridized carbons (Fsp3) is 0.480. The molecule has 1 aliphatic rings. The molecule has 2 rings (SSSR count). The zero-order valence-corrected chi connectivity index (χ0v) is 22.8. The Balaban J connectivity index is 2.62. The third-order valence-electron chi connectivity index (χ3n) is 5.07. The number of allylic oxidation sites excluding steroid dienone is 1. The second-order valence-electron chi connectivity index (χ2n) is 8.08. The van der Waals surface area contributed by atoms with Crippen molar-refractivity contribution in [2.24, 2.45) is 0 Å². The standard InChI is InChI=1S/C25H29ClO13/c1-12(27)34-11-19-22(35-13(2)28)23(36-14(3)29)24(37-15(4)30)25(38-19)39-21-17(32-5)9-16(7-8-20(26)31)10-18(21)33-6/h7-10,19,22-25H,11H2,1-6H3/b8-7+/t19-,22+,23+,24-,25+/m1/s1. The smallest absolute Gasteiger partial charge is 0.303 e. The monoisotopic (exact) mass is 572 g/mol. The Morgan fingerprint density at radius 1 is 0.821 bits per heavy atom. The van der Waals surface area contributed by atoms with Crippen LogP contribution in [0.3, 0.4) is 0 Å². The van der Waals surface area contributed by atoms with Crippen molar-refractivity contribution in [3.05, 3.63) is 23.8 Å². The van der Waals surface area contributed by atoms with Crippen LogP contribution in [0.25, 0.3) is 6.08 Å². The number of esters is 4. The molecular weight excluding hydrogens is 544 g/mol. The number of methoxy groups -OCH3 is 2. The lowest BCUT2D eigenvalue weighted by molar-refractivity contribution is -0.288. The predicted octanol–water partition coefficient (Wildman–Crippen LogP) is 1.94. The van der Waals surface area contributed by atoms with Gasteiger partial charge in [-0.2, -0.15) is 0 Å². The van der Waals surface area contributed by atoms with Crippen molar-refractivity contribution >= 4 is 46.8 Å². The molecule has 0 N–H and O–H groups in total. The number of benzene rings is 1. The van der Waals surface area contributed by atoms with E-state index in [2.05, 4.69) is 0 Å². The molecule has 1 saturated heterocycles. The minimum absolute atomic E-state index is 0.0183. The molecule has 1 aliphatic heterocycles. The number of carbonyl (C=O) groups excluding carboxylic acids is 5. The first-order chi connectivity index (χ1) is 18.4. The fourth-order valence-corrected chi connectivity index (χ4v) is 3.74. The number of ether oxygens (including phenoxy) is 8. The van der Waals surface area contributed by atoms with Crippen molar-refractivity contribution in [1.29, 1.82) is 0 Å². The molecule has 39 heavy (non-hydrogen) atoms. The van der Waals surface area contributed by atoms with Crippen LogP contribution < -0.4 is 14.2 Å². The Labute approximate surface area is 229 Å². The Kier molecular flexibility index (Phi) is 11.5.